The molecule has 0 spiro atoms. The van der Waals surface area contributed by atoms with Crippen LogP contribution in [0.15, 0.2) is 48.0 Å². The quantitative estimate of drug-likeness (QED) is 0.663. The van der Waals surface area contributed by atoms with E-state index in [0.717, 1.165) is 5.56 Å². The van der Waals surface area contributed by atoms with E-state index >= 15 is 0 Å². The van der Waals surface area contributed by atoms with Gasteiger partial charge in [-0.1, -0.05) is 32.0 Å². The summed E-state index contributed by atoms with van der Waals surface area (Å²) in [6, 6.07) is 12.0. The average Bonchev–Trinajstić information content (AvgIpc) is 3.14. The van der Waals surface area contributed by atoms with Crippen LogP contribution in [0.5, 0.6) is 5.75 Å². The van der Waals surface area contributed by atoms with Gasteiger partial charge in [-0.3, -0.25) is 14.9 Å². The summed E-state index contributed by atoms with van der Waals surface area (Å²) in [4.78, 5) is 24.3. The molecule has 7 heteroatoms. The molecule has 0 heterocycles. The van der Waals surface area contributed by atoms with Gasteiger partial charge in [0, 0.05) is 12.0 Å². The first kappa shape index (κ1) is 21.6. The lowest BCUT2D eigenvalue weighted by Gasteiger charge is -2.11. The van der Waals surface area contributed by atoms with Crippen molar-refractivity contribution in [3.8, 4) is 5.75 Å². The van der Waals surface area contributed by atoms with Gasteiger partial charge in [0.1, 0.15) is 18.2 Å². The molecule has 0 unspecified atom stereocenters. The minimum atomic E-state index is -0.377. The van der Waals surface area contributed by atoms with Crippen molar-refractivity contribution in [2.45, 2.75) is 26.2 Å². The summed E-state index contributed by atoms with van der Waals surface area (Å²) in [5, 5.41) is 5.31. The van der Waals surface area contributed by atoms with Crippen LogP contribution in [0.4, 0.5) is 4.39 Å². The van der Waals surface area contributed by atoms with Crippen molar-refractivity contribution in [1.82, 2.24) is 10.6 Å². The fraction of sp³-hybridized carbons (Fsp3) is 0.261. The minimum Gasteiger partial charge on any atom is -0.486 e. The highest BCUT2D eigenvalue weighted by Crippen LogP contribution is 2.25. The van der Waals surface area contributed by atoms with Gasteiger partial charge < -0.3 is 10.1 Å². The molecule has 1 aliphatic carbocycles. The second-order valence-electron chi connectivity index (χ2n) is 7.38. The molecule has 156 valence electrons. The van der Waals surface area contributed by atoms with Gasteiger partial charge >= 0.3 is 0 Å². The van der Waals surface area contributed by atoms with Crippen LogP contribution in [0.25, 0.3) is 6.08 Å². The van der Waals surface area contributed by atoms with E-state index in [9.17, 15) is 14.0 Å². The first-order valence-corrected chi connectivity index (χ1v) is 10.1. The third-order valence-electron chi connectivity index (χ3n) is 4.73. The Morgan fingerprint density at radius 1 is 1.17 bits per heavy atom. The van der Waals surface area contributed by atoms with E-state index in [1.54, 1.807) is 12.1 Å². The Hall–Kier alpha value is -3.06. The maximum atomic E-state index is 13.3. The van der Waals surface area contributed by atoms with Crippen LogP contribution in [-0.4, -0.2) is 30.0 Å². The number of thiocarbonyl (C=S) groups is 1. The Labute approximate surface area is 180 Å². The summed E-state index contributed by atoms with van der Waals surface area (Å²) in [6.45, 7) is 4.05. The van der Waals surface area contributed by atoms with Gasteiger partial charge in [-0.2, -0.15) is 0 Å². The summed E-state index contributed by atoms with van der Waals surface area (Å²) < 4.78 is 18.8. The van der Waals surface area contributed by atoms with Crippen molar-refractivity contribution in [3.05, 3.63) is 70.5 Å². The van der Waals surface area contributed by atoms with E-state index in [1.807, 2.05) is 24.3 Å². The number of carbonyl (C=O) groups excluding carboxylic acids is 2. The normalized spacial score (nSPS) is 12.2. The van der Waals surface area contributed by atoms with Crippen LogP contribution in [0.2, 0.25) is 0 Å². The summed E-state index contributed by atoms with van der Waals surface area (Å²) in [6.07, 6.45) is 2.05. The van der Waals surface area contributed by atoms with Gasteiger partial charge in [-0.25, -0.2) is 4.39 Å². The van der Waals surface area contributed by atoms with Gasteiger partial charge in [0.25, 0.3) is 5.91 Å². The maximum Gasteiger partial charge on any atom is 0.253 e. The van der Waals surface area contributed by atoms with Crippen LogP contribution >= 0.6 is 12.2 Å². The van der Waals surface area contributed by atoms with Crippen LogP contribution in [0.3, 0.4) is 0 Å². The molecule has 0 atom stereocenters. The van der Waals surface area contributed by atoms with Crippen molar-refractivity contribution in [1.29, 1.82) is 0 Å². The van der Waals surface area contributed by atoms with Gasteiger partial charge in [0.15, 0.2) is 10.9 Å². The monoisotopic (exact) mass is 426 g/mol. The molecule has 5 nitrogen and oxygen atoms in total. The van der Waals surface area contributed by atoms with Gasteiger partial charge in [-0.05, 0) is 65.2 Å². The summed E-state index contributed by atoms with van der Waals surface area (Å²) >= 11 is 5.08. The van der Waals surface area contributed by atoms with E-state index in [0.29, 0.717) is 29.2 Å². The number of benzene rings is 2. The predicted octanol–water partition coefficient (Wildman–Crippen LogP) is 3.53. The summed E-state index contributed by atoms with van der Waals surface area (Å²) in [5.74, 6) is 0.116. The molecule has 3 rings (SSSR count). The van der Waals surface area contributed by atoms with E-state index in [4.69, 9.17) is 17.0 Å². The third-order valence-corrected chi connectivity index (χ3v) is 4.98. The van der Waals surface area contributed by atoms with Crippen molar-refractivity contribution >= 4 is 35.1 Å². The molecule has 2 N–H and O–H groups in total. The highest BCUT2D eigenvalue weighted by Gasteiger charge is 2.19. The van der Waals surface area contributed by atoms with Crippen molar-refractivity contribution in [2.75, 3.05) is 13.2 Å². The summed E-state index contributed by atoms with van der Waals surface area (Å²) in [5.41, 5.74) is 3.25. The molecule has 0 aliphatic heterocycles. The van der Waals surface area contributed by atoms with E-state index in [1.165, 1.54) is 17.7 Å². The molecule has 0 fully saturated rings. The summed E-state index contributed by atoms with van der Waals surface area (Å²) in [7, 11) is 0. The highest BCUT2D eigenvalue weighted by atomic mass is 32.1. The topological polar surface area (TPSA) is 67.4 Å². The lowest BCUT2D eigenvalue weighted by atomic mass is 10.0. The number of hydrogen-bond acceptors (Lipinski definition) is 4. The van der Waals surface area contributed by atoms with Crippen molar-refractivity contribution in [2.24, 2.45) is 0 Å². The fourth-order valence-corrected chi connectivity index (χ4v) is 3.19. The zero-order valence-electron chi connectivity index (χ0n) is 16.8. The number of rotatable bonds is 7. The molecule has 1 amide bonds. The van der Waals surface area contributed by atoms with Crippen LogP contribution in [-0.2, 0) is 16.0 Å². The van der Waals surface area contributed by atoms with Gasteiger partial charge in [0.05, 0.1) is 6.54 Å². The molecular formula is C23H23FN2O3S. The molecule has 2 aromatic carbocycles. The standard InChI is InChI=1S/C23H23FN2O3S/c1-14(2)15-4-7-21(8-5-15)29-13-20(27)12-25-23(30)26-22(28)18-9-16-3-6-19(24)11-17(16)10-18/h3-8,10-11,14H,9,12-13H2,1-2H3,(H2,25,26,28,30). The number of nitrogens with one attached hydrogen (secondary N) is 2. The van der Waals surface area contributed by atoms with E-state index in [-0.39, 0.29) is 35.8 Å². The minimum absolute atomic E-state index is 0.0534. The second-order valence-corrected chi connectivity index (χ2v) is 7.79. The lowest BCUT2D eigenvalue weighted by molar-refractivity contribution is -0.120. The second kappa shape index (κ2) is 9.63. The zero-order chi connectivity index (χ0) is 21.7. The molecule has 0 saturated heterocycles. The van der Waals surface area contributed by atoms with Gasteiger partial charge in [0.2, 0.25) is 0 Å². The average molecular weight is 427 g/mol. The molecule has 0 saturated carbocycles. The molecule has 30 heavy (non-hydrogen) atoms. The van der Waals surface area contributed by atoms with E-state index < -0.39 is 0 Å². The van der Waals surface area contributed by atoms with Gasteiger partial charge in [-0.15, -0.1) is 0 Å². The third kappa shape index (κ3) is 5.73. The highest BCUT2D eigenvalue weighted by molar-refractivity contribution is 7.80. The SMILES string of the molecule is CC(C)c1ccc(OCC(=O)CNC(=S)NC(=O)C2=Cc3cc(F)ccc3C2)cc1. The number of amides is 1. The van der Waals surface area contributed by atoms with Crippen molar-refractivity contribution < 1.29 is 18.7 Å². The Kier molecular flexibility index (Phi) is 6.95. The number of hydrogen-bond donors (Lipinski definition) is 2. The first-order valence-electron chi connectivity index (χ1n) is 9.64. The number of carbonyl (C=O) groups is 2. The largest absolute Gasteiger partial charge is 0.486 e. The van der Waals surface area contributed by atoms with Crippen LogP contribution in [0, 0.1) is 5.82 Å². The molecule has 2 aromatic rings. The molecular weight excluding hydrogens is 403 g/mol. The Balaban J connectivity index is 1.40. The Bertz CT molecular complexity index is 1000. The van der Waals surface area contributed by atoms with Crippen LogP contribution < -0.4 is 15.4 Å². The molecule has 0 aromatic heterocycles. The van der Waals surface area contributed by atoms with Crippen LogP contribution in [0.1, 0.15) is 36.5 Å². The smallest absolute Gasteiger partial charge is 0.253 e. The van der Waals surface area contributed by atoms with E-state index in [2.05, 4.69) is 24.5 Å². The number of halogens is 1. The number of ketones is 1. The Morgan fingerprint density at radius 3 is 2.60 bits per heavy atom. The molecule has 0 radical (unpaired) electrons. The molecule has 0 bridgehead atoms. The molecule has 1 aliphatic rings. The number of Topliss-reactive ketones (excluding diaryl/α,β-unsaturated/α-hetero) is 1. The fourth-order valence-electron chi connectivity index (χ4n) is 3.02. The zero-order valence-corrected chi connectivity index (χ0v) is 17.6. The maximum absolute atomic E-state index is 13.3. The predicted molar refractivity (Wildman–Crippen MR) is 118 cm³/mol. The first-order chi connectivity index (χ1) is 14.3. The Morgan fingerprint density at radius 2 is 1.90 bits per heavy atom. The lowest BCUT2D eigenvalue weighted by Crippen LogP contribution is -2.42. The number of fused-ring (bicyclic) bond motifs is 1. The van der Waals surface area contributed by atoms with Crippen molar-refractivity contribution in [3.63, 3.8) is 0 Å². The number of ether oxygens (including phenoxy) is 1.